The number of nitrogens with zero attached hydrogens (tertiary/aromatic N) is 2. The van der Waals surface area contributed by atoms with Crippen LogP contribution in [0.2, 0.25) is 5.15 Å². The Morgan fingerprint density at radius 1 is 1.39 bits per heavy atom. The summed E-state index contributed by atoms with van der Waals surface area (Å²) in [5.74, 6) is 0.540. The van der Waals surface area contributed by atoms with Gasteiger partial charge in [0.05, 0.1) is 10.9 Å². The number of H-pyrrole nitrogens is 1. The number of pyridine rings is 1. The van der Waals surface area contributed by atoms with Crippen LogP contribution in [-0.2, 0) is 10.0 Å². The summed E-state index contributed by atoms with van der Waals surface area (Å²) in [5, 5.41) is 0.128. The number of nitrogens with one attached hydrogen (secondary N) is 2. The molecule has 0 aliphatic heterocycles. The summed E-state index contributed by atoms with van der Waals surface area (Å²) < 4.78 is 26.6. The van der Waals surface area contributed by atoms with Gasteiger partial charge in [-0.3, -0.25) is 0 Å². The smallest absolute Gasteiger partial charge is 0.241 e. The molecule has 0 radical (unpaired) electrons. The maximum atomic E-state index is 12.1. The van der Waals surface area contributed by atoms with Crippen LogP contribution >= 0.6 is 11.6 Å². The van der Waals surface area contributed by atoms with E-state index in [1.54, 1.807) is 19.3 Å². The van der Waals surface area contributed by atoms with Crippen molar-refractivity contribution >= 4 is 21.6 Å². The number of hydrogen-bond acceptors (Lipinski definition) is 4. The lowest BCUT2D eigenvalue weighted by Crippen LogP contribution is -2.27. The molecule has 8 heteroatoms. The Morgan fingerprint density at radius 3 is 2.78 bits per heavy atom. The van der Waals surface area contributed by atoms with Crippen molar-refractivity contribution in [1.82, 2.24) is 19.7 Å². The lowest BCUT2D eigenvalue weighted by Gasteiger charge is -2.12. The SMILES string of the molecule is CC(NS(=O)(=O)c1ccnc(Cl)c1)c1ncc[nH]1. The molecule has 1 unspecified atom stereocenters. The highest BCUT2D eigenvalue weighted by Crippen LogP contribution is 2.16. The van der Waals surface area contributed by atoms with Crippen LogP contribution < -0.4 is 4.72 Å². The molecule has 2 aromatic heterocycles. The van der Waals surface area contributed by atoms with E-state index in [0.717, 1.165) is 0 Å². The first kappa shape index (κ1) is 13.0. The molecule has 0 aromatic carbocycles. The molecule has 0 aliphatic rings. The maximum Gasteiger partial charge on any atom is 0.241 e. The number of halogens is 1. The molecule has 0 bridgehead atoms. The molecule has 0 aliphatic carbocycles. The molecule has 0 saturated carbocycles. The number of aromatic nitrogens is 3. The van der Waals surface area contributed by atoms with Gasteiger partial charge < -0.3 is 4.98 Å². The van der Waals surface area contributed by atoms with Gasteiger partial charge in [-0.25, -0.2) is 23.1 Å². The second-order valence-corrected chi connectivity index (χ2v) is 5.73. The zero-order chi connectivity index (χ0) is 13.2. The zero-order valence-corrected chi connectivity index (χ0v) is 11.0. The Bertz CT molecular complexity index is 627. The van der Waals surface area contributed by atoms with Crippen LogP contribution in [0.3, 0.4) is 0 Å². The van der Waals surface area contributed by atoms with Crippen LogP contribution in [0.4, 0.5) is 0 Å². The standard InChI is InChI=1S/C10H11ClN4O2S/c1-7(10-13-4-5-14-10)15-18(16,17)8-2-3-12-9(11)6-8/h2-7,15H,1H3,(H,13,14). The summed E-state index contributed by atoms with van der Waals surface area (Å²) in [4.78, 5) is 10.6. The topological polar surface area (TPSA) is 87.7 Å². The maximum absolute atomic E-state index is 12.1. The Labute approximate surface area is 109 Å². The molecule has 1 atom stereocenters. The Kier molecular flexibility index (Phi) is 3.65. The van der Waals surface area contributed by atoms with Crippen molar-refractivity contribution in [1.29, 1.82) is 0 Å². The van der Waals surface area contributed by atoms with Crippen molar-refractivity contribution in [3.8, 4) is 0 Å². The van der Waals surface area contributed by atoms with Gasteiger partial charge in [-0.2, -0.15) is 0 Å². The van der Waals surface area contributed by atoms with Gasteiger partial charge in [0.1, 0.15) is 11.0 Å². The van der Waals surface area contributed by atoms with E-state index in [1.807, 2.05) is 0 Å². The van der Waals surface area contributed by atoms with Gasteiger partial charge in [0.25, 0.3) is 0 Å². The second-order valence-electron chi connectivity index (χ2n) is 3.63. The van der Waals surface area contributed by atoms with Gasteiger partial charge in [-0.15, -0.1) is 0 Å². The van der Waals surface area contributed by atoms with Crippen LogP contribution in [0.1, 0.15) is 18.8 Å². The molecule has 18 heavy (non-hydrogen) atoms. The van der Waals surface area contributed by atoms with Crippen LogP contribution in [0.25, 0.3) is 0 Å². The van der Waals surface area contributed by atoms with Crippen LogP contribution in [-0.4, -0.2) is 23.4 Å². The van der Waals surface area contributed by atoms with Gasteiger partial charge >= 0.3 is 0 Å². The predicted molar refractivity (Wildman–Crippen MR) is 66.6 cm³/mol. The monoisotopic (exact) mass is 286 g/mol. The fraction of sp³-hybridized carbons (Fsp3) is 0.200. The van der Waals surface area contributed by atoms with Crippen molar-refractivity contribution < 1.29 is 8.42 Å². The highest BCUT2D eigenvalue weighted by atomic mass is 35.5. The third kappa shape index (κ3) is 2.87. The van der Waals surface area contributed by atoms with Crippen LogP contribution in [0, 0.1) is 0 Å². The zero-order valence-electron chi connectivity index (χ0n) is 9.46. The molecule has 96 valence electrons. The Hall–Kier alpha value is -1.44. The fourth-order valence-corrected chi connectivity index (χ4v) is 2.88. The molecule has 2 N–H and O–H groups in total. The first-order valence-corrected chi connectivity index (χ1v) is 6.98. The third-order valence-corrected chi connectivity index (χ3v) is 4.01. The van der Waals surface area contributed by atoms with Gasteiger partial charge in [-0.05, 0) is 19.1 Å². The molecule has 6 nitrogen and oxygen atoms in total. The van der Waals surface area contributed by atoms with Gasteiger partial charge in [0, 0.05) is 18.6 Å². The molecular weight excluding hydrogens is 276 g/mol. The summed E-state index contributed by atoms with van der Waals surface area (Å²) in [7, 11) is -3.64. The second kappa shape index (κ2) is 5.05. The first-order chi connectivity index (χ1) is 8.49. The van der Waals surface area contributed by atoms with E-state index in [1.165, 1.54) is 18.3 Å². The summed E-state index contributed by atoms with van der Waals surface area (Å²) in [5.41, 5.74) is 0. The summed E-state index contributed by atoms with van der Waals surface area (Å²) in [6, 6.07) is 2.21. The summed E-state index contributed by atoms with van der Waals surface area (Å²) >= 11 is 5.67. The van der Waals surface area contributed by atoms with Crippen LogP contribution in [0.5, 0.6) is 0 Å². The highest BCUT2D eigenvalue weighted by molar-refractivity contribution is 7.89. The van der Waals surface area contributed by atoms with E-state index in [-0.39, 0.29) is 10.0 Å². The quantitative estimate of drug-likeness (QED) is 0.834. The number of aromatic amines is 1. The number of imidazole rings is 1. The van der Waals surface area contributed by atoms with Crippen molar-refractivity contribution in [2.45, 2.75) is 17.9 Å². The molecule has 0 spiro atoms. The molecule has 0 amide bonds. The molecule has 2 heterocycles. The van der Waals surface area contributed by atoms with Gasteiger partial charge in [-0.1, -0.05) is 11.6 Å². The predicted octanol–water partition coefficient (Wildman–Crippen LogP) is 1.50. The lowest BCUT2D eigenvalue weighted by molar-refractivity contribution is 0.561. The number of rotatable bonds is 4. The van der Waals surface area contributed by atoms with Gasteiger partial charge in [0.15, 0.2) is 0 Å². The van der Waals surface area contributed by atoms with E-state index in [9.17, 15) is 8.42 Å². The van der Waals surface area contributed by atoms with Crippen molar-refractivity contribution in [2.24, 2.45) is 0 Å². The van der Waals surface area contributed by atoms with Crippen LogP contribution in [0.15, 0.2) is 35.6 Å². The molecule has 0 fully saturated rings. The number of sulfonamides is 1. The lowest BCUT2D eigenvalue weighted by atomic mass is 10.3. The molecule has 2 rings (SSSR count). The average molecular weight is 287 g/mol. The Morgan fingerprint density at radius 2 is 2.17 bits per heavy atom. The molecule has 2 aromatic rings. The normalized spacial score (nSPS) is 13.4. The average Bonchev–Trinajstić information content (AvgIpc) is 2.82. The molecule has 0 saturated heterocycles. The summed E-state index contributed by atoms with van der Waals surface area (Å²) in [6.45, 7) is 1.69. The van der Waals surface area contributed by atoms with Crippen molar-refractivity contribution in [3.05, 3.63) is 41.7 Å². The minimum absolute atomic E-state index is 0.0703. The van der Waals surface area contributed by atoms with E-state index in [2.05, 4.69) is 19.7 Å². The first-order valence-electron chi connectivity index (χ1n) is 5.12. The van der Waals surface area contributed by atoms with E-state index in [4.69, 9.17) is 11.6 Å². The van der Waals surface area contributed by atoms with E-state index >= 15 is 0 Å². The minimum Gasteiger partial charge on any atom is -0.347 e. The highest BCUT2D eigenvalue weighted by Gasteiger charge is 2.19. The number of hydrogen-bond donors (Lipinski definition) is 2. The minimum atomic E-state index is -3.64. The van der Waals surface area contributed by atoms with Gasteiger partial charge in [0.2, 0.25) is 10.0 Å². The largest absolute Gasteiger partial charge is 0.347 e. The Balaban J connectivity index is 2.22. The van der Waals surface area contributed by atoms with Crippen molar-refractivity contribution in [3.63, 3.8) is 0 Å². The summed E-state index contributed by atoms with van der Waals surface area (Å²) in [6.07, 6.45) is 4.53. The molecular formula is C10H11ClN4O2S. The van der Waals surface area contributed by atoms with E-state index in [0.29, 0.717) is 5.82 Å². The van der Waals surface area contributed by atoms with E-state index < -0.39 is 16.1 Å². The fourth-order valence-electron chi connectivity index (χ4n) is 1.42. The third-order valence-electron chi connectivity index (χ3n) is 2.27. The van der Waals surface area contributed by atoms with Crippen molar-refractivity contribution in [2.75, 3.05) is 0 Å².